The fraction of sp³-hybridized carbons (Fsp3) is 0.281. The van der Waals surface area contributed by atoms with Gasteiger partial charge < -0.3 is 18.6 Å². The molecule has 0 bridgehead atoms. The normalized spacial score (nSPS) is 14.2. The summed E-state index contributed by atoms with van der Waals surface area (Å²) in [6.45, 7) is 2.68. The quantitative estimate of drug-likeness (QED) is 0.147. The number of ether oxygens (including phenoxy) is 3. The summed E-state index contributed by atoms with van der Waals surface area (Å²) in [7, 11) is 0. The molecule has 4 aromatic rings. The molecule has 1 aliphatic heterocycles. The molecular weight excluding hydrogens is 508 g/mol. The van der Waals surface area contributed by atoms with Crippen molar-refractivity contribution in [2.45, 2.75) is 58.8 Å². The summed E-state index contributed by atoms with van der Waals surface area (Å²) < 4.78 is 24.7. The van der Waals surface area contributed by atoms with Crippen LogP contribution in [0.3, 0.4) is 0 Å². The fourth-order valence-electron chi connectivity index (χ4n) is 4.42. The van der Waals surface area contributed by atoms with Gasteiger partial charge in [-0.15, -0.1) is 0 Å². The summed E-state index contributed by atoms with van der Waals surface area (Å²) in [5.74, 6) is 0.561. The van der Waals surface area contributed by atoms with E-state index in [2.05, 4.69) is 11.9 Å². The van der Waals surface area contributed by atoms with Crippen LogP contribution >= 0.6 is 0 Å². The van der Waals surface area contributed by atoms with Crippen LogP contribution in [0.15, 0.2) is 105 Å². The standard InChI is InChI=1S/C32H32N2O6/c1-2-3-4-11-16-26-19-25-20-34(32(36)33-30(25)39-26)18-17-27-28(37-21-23-12-7-5-8-13-23)29(31(35)40-27)38-22-24-14-9-6-10-15-24/h5-10,12-15,17,19-20H,2-4,11,16,18,21-22H2,1H3/b27-17-. The molecule has 0 saturated carbocycles. The highest BCUT2D eigenvalue weighted by Gasteiger charge is 2.34. The maximum absolute atomic E-state index is 12.8. The summed E-state index contributed by atoms with van der Waals surface area (Å²) in [6, 6.07) is 21.0. The number of fused-ring (bicyclic) bond motifs is 1. The minimum Gasteiger partial charge on any atom is -0.481 e. The average Bonchev–Trinajstić information content (AvgIpc) is 3.51. The summed E-state index contributed by atoms with van der Waals surface area (Å²) in [5.41, 5.74) is 1.69. The van der Waals surface area contributed by atoms with Crippen molar-refractivity contribution in [1.29, 1.82) is 0 Å². The molecule has 40 heavy (non-hydrogen) atoms. The molecule has 0 N–H and O–H groups in total. The average molecular weight is 541 g/mol. The third-order valence-corrected chi connectivity index (χ3v) is 6.55. The van der Waals surface area contributed by atoms with E-state index in [9.17, 15) is 9.59 Å². The molecule has 0 fully saturated rings. The SMILES string of the molecule is CCCCCCc1cc2cn(C/C=C3\OC(=O)C(OCc4ccccc4)=C3OCc3ccccc3)c(=O)nc2o1. The first-order valence-corrected chi connectivity index (χ1v) is 13.6. The van der Waals surface area contributed by atoms with E-state index < -0.39 is 11.7 Å². The lowest BCUT2D eigenvalue weighted by Gasteiger charge is -2.10. The van der Waals surface area contributed by atoms with Crippen molar-refractivity contribution in [2.75, 3.05) is 0 Å². The predicted molar refractivity (Wildman–Crippen MR) is 150 cm³/mol. The first-order valence-electron chi connectivity index (χ1n) is 13.6. The second-order valence-corrected chi connectivity index (χ2v) is 9.62. The third-order valence-electron chi connectivity index (χ3n) is 6.55. The molecule has 8 heteroatoms. The molecule has 0 aliphatic carbocycles. The summed E-state index contributed by atoms with van der Waals surface area (Å²) in [6.07, 6.45) is 8.66. The highest BCUT2D eigenvalue weighted by Crippen LogP contribution is 2.30. The summed E-state index contributed by atoms with van der Waals surface area (Å²) in [4.78, 5) is 29.6. The molecule has 0 atom stereocenters. The van der Waals surface area contributed by atoms with Crippen LogP contribution in [0, 0.1) is 0 Å². The van der Waals surface area contributed by atoms with Crippen molar-refractivity contribution >= 4 is 17.1 Å². The first kappa shape index (κ1) is 27.0. The molecule has 3 heterocycles. The van der Waals surface area contributed by atoms with Crippen LogP contribution in [0.2, 0.25) is 0 Å². The van der Waals surface area contributed by atoms with E-state index in [0.717, 1.165) is 41.5 Å². The Bertz CT molecular complexity index is 1570. The molecule has 5 rings (SSSR count). The maximum atomic E-state index is 12.8. The van der Waals surface area contributed by atoms with Gasteiger partial charge >= 0.3 is 11.7 Å². The van der Waals surface area contributed by atoms with Crippen LogP contribution in [0.4, 0.5) is 0 Å². The Balaban J connectivity index is 1.36. The molecule has 8 nitrogen and oxygen atoms in total. The molecule has 206 valence electrons. The van der Waals surface area contributed by atoms with E-state index in [1.165, 1.54) is 17.4 Å². The molecule has 0 saturated heterocycles. The number of cyclic esters (lactones) is 1. The van der Waals surface area contributed by atoms with Crippen molar-refractivity contribution in [3.05, 3.63) is 124 Å². The summed E-state index contributed by atoms with van der Waals surface area (Å²) in [5, 5.41) is 0.745. The number of unbranched alkanes of at least 4 members (excludes halogenated alkanes) is 3. The molecule has 0 radical (unpaired) electrons. The van der Waals surface area contributed by atoms with Gasteiger partial charge in [0, 0.05) is 19.2 Å². The molecule has 0 amide bonds. The van der Waals surface area contributed by atoms with Crippen molar-refractivity contribution in [3.63, 3.8) is 0 Å². The van der Waals surface area contributed by atoms with Crippen molar-refractivity contribution in [2.24, 2.45) is 0 Å². The zero-order valence-electron chi connectivity index (χ0n) is 22.5. The number of nitrogens with zero attached hydrogens (tertiary/aromatic N) is 2. The zero-order valence-corrected chi connectivity index (χ0v) is 22.5. The molecule has 0 unspecified atom stereocenters. The van der Waals surface area contributed by atoms with Gasteiger partial charge in [-0.25, -0.2) is 9.59 Å². The van der Waals surface area contributed by atoms with Gasteiger partial charge in [-0.2, -0.15) is 4.98 Å². The molecule has 1 aliphatic rings. The van der Waals surface area contributed by atoms with Gasteiger partial charge in [0.05, 0.1) is 5.39 Å². The Morgan fingerprint density at radius 3 is 2.23 bits per heavy atom. The third kappa shape index (κ3) is 6.69. The maximum Gasteiger partial charge on any atom is 0.383 e. The Morgan fingerprint density at radius 2 is 1.55 bits per heavy atom. The highest BCUT2D eigenvalue weighted by atomic mass is 16.6. The topological polar surface area (TPSA) is 92.8 Å². The lowest BCUT2D eigenvalue weighted by Crippen LogP contribution is -2.21. The van der Waals surface area contributed by atoms with E-state index >= 15 is 0 Å². The van der Waals surface area contributed by atoms with E-state index in [0.29, 0.717) is 5.71 Å². The van der Waals surface area contributed by atoms with Crippen LogP contribution < -0.4 is 5.69 Å². The van der Waals surface area contributed by atoms with Gasteiger partial charge in [0.1, 0.15) is 19.0 Å². The van der Waals surface area contributed by atoms with Crippen LogP contribution in [-0.4, -0.2) is 15.5 Å². The number of allylic oxidation sites excluding steroid dienone is 1. The van der Waals surface area contributed by atoms with Crippen LogP contribution in [0.25, 0.3) is 11.1 Å². The molecule has 2 aromatic heterocycles. The Kier molecular flexibility index (Phi) is 8.76. The van der Waals surface area contributed by atoms with Crippen molar-refractivity contribution in [1.82, 2.24) is 9.55 Å². The van der Waals surface area contributed by atoms with Crippen LogP contribution in [-0.2, 0) is 45.2 Å². The molecule has 2 aromatic carbocycles. The van der Waals surface area contributed by atoms with Gasteiger partial charge in [0.25, 0.3) is 5.76 Å². The van der Waals surface area contributed by atoms with Gasteiger partial charge in [0.15, 0.2) is 5.76 Å². The Labute approximate surface area is 232 Å². The van der Waals surface area contributed by atoms with Gasteiger partial charge in [-0.1, -0.05) is 86.8 Å². The van der Waals surface area contributed by atoms with Crippen LogP contribution in [0.1, 0.15) is 49.5 Å². The number of furan rings is 1. The number of rotatable bonds is 13. The fourth-order valence-corrected chi connectivity index (χ4v) is 4.42. The second-order valence-electron chi connectivity index (χ2n) is 9.62. The number of aromatic nitrogens is 2. The Hall–Kier alpha value is -4.59. The van der Waals surface area contributed by atoms with Crippen molar-refractivity contribution < 1.29 is 23.4 Å². The number of carbonyl (C=O) groups is 1. The van der Waals surface area contributed by atoms with E-state index in [1.54, 1.807) is 12.3 Å². The van der Waals surface area contributed by atoms with Gasteiger partial charge in [-0.3, -0.25) is 4.57 Å². The smallest absolute Gasteiger partial charge is 0.383 e. The highest BCUT2D eigenvalue weighted by molar-refractivity contribution is 5.91. The lowest BCUT2D eigenvalue weighted by atomic mass is 10.1. The minimum absolute atomic E-state index is 0.00509. The van der Waals surface area contributed by atoms with Crippen molar-refractivity contribution in [3.8, 4) is 0 Å². The minimum atomic E-state index is -0.645. The van der Waals surface area contributed by atoms with Gasteiger partial charge in [-0.05, 0) is 29.7 Å². The predicted octanol–water partition coefficient (Wildman–Crippen LogP) is 6.20. The summed E-state index contributed by atoms with van der Waals surface area (Å²) >= 11 is 0. The zero-order chi connectivity index (χ0) is 27.7. The first-order chi connectivity index (χ1) is 19.6. The number of hydrogen-bond acceptors (Lipinski definition) is 7. The largest absolute Gasteiger partial charge is 0.481 e. The number of aryl methyl sites for hydroxylation is 1. The number of benzene rings is 2. The second kappa shape index (κ2) is 13.0. The monoisotopic (exact) mass is 540 g/mol. The Morgan fingerprint density at radius 1 is 0.875 bits per heavy atom. The number of hydrogen-bond donors (Lipinski definition) is 0. The lowest BCUT2D eigenvalue weighted by molar-refractivity contribution is -0.136. The van der Waals surface area contributed by atoms with Gasteiger partial charge in [0.2, 0.25) is 11.5 Å². The number of esters is 1. The van der Waals surface area contributed by atoms with E-state index in [1.807, 2.05) is 66.7 Å². The van der Waals surface area contributed by atoms with Crippen LogP contribution in [0.5, 0.6) is 0 Å². The number of carbonyl (C=O) groups excluding carboxylic acids is 1. The molecule has 0 spiro atoms. The van der Waals surface area contributed by atoms with E-state index in [4.69, 9.17) is 18.6 Å². The van der Waals surface area contributed by atoms with E-state index in [-0.39, 0.29) is 37.0 Å². The molecular formula is C32H32N2O6.